The second-order valence-corrected chi connectivity index (χ2v) is 6.28. The molecule has 1 aromatic heterocycles. The summed E-state index contributed by atoms with van der Waals surface area (Å²) in [7, 11) is 0. The fourth-order valence-electron chi connectivity index (χ4n) is 3.11. The van der Waals surface area contributed by atoms with Gasteiger partial charge in [0.1, 0.15) is 30.1 Å². The molecule has 0 unspecified atom stereocenters. The van der Waals surface area contributed by atoms with Crippen molar-refractivity contribution < 1.29 is 69.4 Å². The molecule has 0 bridgehead atoms. The van der Waals surface area contributed by atoms with Crippen LogP contribution >= 0.6 is 0 Å². The van der Waals surface area contributed by atoms with Gasteiger partial charge >= 0.3 is 29.6 Å². The average Bonchev–Trinajstić information content (AvgIpc) is 3.11. The molecular formula is C14H20N5NaO8. The van der Waals surface area contributed by atoms with E-state index in [9.17, 15) is 35.1 Å². The molecule has 1 aromatic rings. The number of carbonyl (C=O) groups is 2. The number of hydrogen-bond acceptors (Lipinski definition) is 11. The first-order valence-electron chi connectivity index (χ1n) is 8.33. The van der Waals surface area contributed by atoms with E-state index in [1.165, 1.54) is 4.90 Å². The van der Waals surface area contributed by atoms with Gasteiger partial charge < -0.3 is 45.3 Å². The van der Waals surface area contributed by atoms with E-state index in [1.54, 1.807) is 0 Å². The Morgan fingerprint density at radius 2 is 1.82 bits per heavy atom. The van der Waals surface area contributed by atoms with Gasteiger partial charge in [0, 0.05) is 26.2 Å². The van der Waals surface area contributed by atoms with Gasteiger partial charge in [0.25, 0.3) is 5.91 Å². The number of carboxylic acid groups (broad SMARTS) is 1. The molecule has 3 rings (SSSR count). The molecule has 1 amide bonds. The van der Waals surface area contributed by atoms with E-state index < -0.39 is 60.5 Å². The predicted octanol–water partition coefficient (Wildman–Crippen LogP) is -8.34. The first-order chi connectivity index (χ1) is 12.9. The van der Waals surface area contributed by atoms with Gasteiger partial charge in [-0.25, -0.2) is 4.68 Å². The fourth-order valence-corrected chi connectivity index (χ4v) is 3.11. The second-order valence-electron chi connectivity index (χ2n) is 6.28. The van der Waals surface area contributed by atoms with Crippen LogP contribution in [-0.4, -0.2) is 109 Å². The van der Waals surface area contributed by atoms with Gasteiger partial charge in [-0.15, -0.1) is 5.10 Å². The molecule has 2 saturated heterocycles. The molecule has 5 N–H and O–H groups in total. The minimum Gasteiger partial charge on any atom is -0.543 e. The molecule has 2 aliphatic heterocycles. The van der Waals surface area contributed by atoms with E-state index in [0.717, 1.165) is 0 Å². The van der Waals surface area contributed by atoms with Crippen molar-refractivity contribution >= 4 is 11.9 Å². The number of nitrogens with zero attached hydrogens (tertiary/aromatic N) is 4. The molecule has 0 saturated carbocycles. The third-order valence-corrected chi connectivity index (χ3v) is 4.60. The van der Waals surface area contributed by atoms with Crippen LogP contribution in [0, 0.1) is 0 Å². The second kappa shape index (κ2) is 9.56. The van der Waals surface area contributed by atoms with Crippen molar-refractivity contribution in [3.05, 3.63) is 11.4 Å². The Labute approximate surface area is 181 Å². The number of carbonyl (C=O) groups excluding carboxylic acids is 2. The predicted molar refractivity (Wildman–Crippen MR) is 82.1 cm³/mol. The Morgan fingerprint density at radius 1 is 1.18 bits per heavy atom. The molecule has 28 heavy (non-hydrogen) atoms. The minimum absolute atomic E-state index is 0. The van der Waals surface area contributed by atoms with Crippen LogP contribution < -0.4 is 40.0 Å². The van der Waals surface area contributed by atoms with Gasteiger partial charge in [-0.05, 0) is 0 Å². The normalized spacial score (nSPS) is 30.6. The molecular weight excluding hydrogens is 389 g/mol. The van der Waals surface area contributed by atoms with Gasteiger partial charge in [-0.3, -0.25) is 4.79 Å². The fraction of sp³-hybridized carbons (Fsp3) is 0.714. The van der Waals surface area contributed by atoms with Crippen molar-refractivity contribution in [2.24, 2.45) is 0 Å². The quantitative estimate of drug-likeness (QED) is 0.296. The van der Waals surface area contributed by atoms with Crippen molar-refractivity contribution in [1.29, 1.82) is 0 Å². The molecule has 150 valence electrons. The van der Waals surface area contributed by atoms with Crippen molar-refractivity contribution in [2.45, 2.75) is 30.6 Å². The van der Waals surface area contributed by atoms with Crippen LogP contribution in [0.2, 0.25) is 0 Å². The number of rotatable bonds is 4. The van der Waals surface area contributed by atoms with E-state index >= 15 is 0 Å². The molecule has 5 atom stereocenters. The Hall–Kier alpha value is -1.16. The summed E-state index contributed by atoms with van der Waals surface area (Å²) in [5, 5.41) is 61.0. The molecule has 2 fully saturated rings. The SMILES string of the molecule is O=C([O-])c1c(C(=O)N2CCNCC2)nnn1[C@@H]1O[C@H](CO)[C@@H](O)[C@H](O)[C@H]1O.[Na+]. The number of aliphatic hydroxyl groups excluding tert-OH is 4. The summed E-state index contributed by atoms with van der Waals surface area (Å²) in [5.41, 5.74) is -1.23. The Balaban J connectivity index is 0.00000280. The number of amides is 1. The Kier molecular flexibility index (Phi) is 7.89. The third-order valence-electron chi connectivity index (χ3n) is 4.60. The largest absolute Gasteiger partial charge is 1.00 e. The van der Waals surface area contributed by atoms with E-state index in [1.807, 2.05) is 0 Å². The monoisotopic (exact) mass is 409 g/mol. The van der Waals surface area contributed by atoms with Crippen molar-refractivity contribution in [3.8, 4) is 0 Å². The molecule has 0 radical (unpaired) electrons. The van der Waals surface area contributed by atoms with E-state index in [0.29, 0.717) is 30.9 Å². The first kappa shape index (κ1) is 23.1. The maximum atomic E-state index is 12.6. The van der Waals surface area contributed by atoms with Gasteiger partial charge in [0.15, 0.2) is 11.9 Å². The van der Waals surface area contributed by atoms with Gasteiger partial charge in [0.2, 0.25) is 0 Å². The Morgan fingerprint density at radius 3 is 2.39 bits per heavy atom. The first-order valence-corrected chi connectivity index (χ1v) is 8.33. The summed E-state index contributed by atoms with van der Waals surface area (Å²) >= 11 is 0. The maximum absolute atomic E-state index is 12.6. The number of aliphatic hydroxyl groups is 4. The van der Waals surface area contributed by atoms with Gasteiger partial charge in [-0.1, -0.05) is 5.21 Å². The summed E-state index contributed by atoms with van der Waals surface area (Å²) in [4.78, 5) is 25.6. The zero-order valence-electron chi connectivity index (χ0n) is 15.1. The summed E-state index contributed by atoms with van der Waals surface area (Å²) in [5.74, 6) is -2.46. The maximum Gasteiger partial charge on any atom is 1.00 e. The van der Waals surface area contributed by atoms with Crippen LogP contribution in [0.1, 0.15) is 27.2 Å². The molecule has 2 aliphatic rings. The minimum atomic E-state index is -1.79. The molecule has 0 aliphatic carbocycles. The zero-order valence-corrected chi connectivity index (χ0v) is 17.1. The van der Waals surface area contributed by atoms with E-state index in [2.05, 4.69) is 15.6 Å². The van der Waals surface area contributed by atoms with E-state index in [4.69, 9.17) is 4.74 Å². The Bertz CT molecular complexity index is 710. The van der Waals surface area contributed by atoms with Gasteiger partial charge in [0.05, 0.1) is 12.6 Å². The van der Waals surface area contributed by atoms with Crippen molar-refractivity contribution in [3.63, 3.8) is 0 Å². The number of hydrogen-bond donors (Lipinski definition) is 5. The summed E-state index contributed by atoms with van der Waals surface area (Å²) in [6, 6.07) is 0. The molecule has 14 heteroatoms. The third kappa shape index (κ3) is 4.22. The van der Waals surface area contributed by atoms with Crippen LogP contribution in [0.5, 0.6) is 0 Å². The number of carboxylic acids is 1. The van der Waals surface area contributed by atoms with Crippen LogP contribution in [0.4, 0.5) is 0 Å². The zero-order chi connectivity index (χ0) is 19.7. The van der Waals surface area contributed by atoms with E-state index in [-0.39, 0.29) is 29.6 Å². The van der Waals surface area contributed by atoms with Crippen molar-refractivity contribution in [2.75, 3.05) is 32.8 Å². The molecule has 0 aromatic carbocycles. The number of piperazine rings is 1. The molecule has 0 spiro atoms. The topological polar surface area (TPSA) is 193 Å². The van der Waals surface area contributed by atoms with Gasteiger partial charge in [-0.2, -0.15) is 0 Å². The summed E-state index contributed by atoms with van der Waals surface area (Å²) in [6.45, 7) is 1.06. The van der Waals surface area contributed by atoms with Crippen LogP contribution in [0.25, 0.3) is 0 Å². The average molecular weight is 409 g/mol. The number of aromatic carboxylic acids is 1. The molecule has 3 heterocycles. The molecule has 13 nitrogen and oxygen atoms in total. The smallest absolute Gasteiger partial charge is 0.543 e. The summed E-state index contributed by atoms with van der Waals surface area (Å²) < 4.78 is 5.87. The summed E-state index contributed by atoms with van der Waals surface area (Å²) in [6.07, 6.45) is -8.04. The van der Waals surface area contributed by atoms with Crippen LogP contribution in [0.15, 0.2) is 0 Å². The number of ether oxygens (including phenoxy) is 1. The standard InChI is InChI=1S/C14H21N5O8.Na/c20-5-6-9(21)10(22)11(23)13(27-6)19-8(14(25)26)7(16-17-19)12(24)18-3-1-15-2-4-18;/h6,9-11,13,15,20-23H,1-5H2,(H,25,26);/q;+1/p-1/t6-,9-,10+,11-,13-;/m1./s1. The number of nitrogens with one attached hydrogen (secondary N) is 1. The van der Waals surface area contributed by atoms with Crippen LogP contribution in [-0.2, 0) is 4.74 Å². The van der Waals surface area contributed by atoms with Crippen molar-refractivity contribution in [1.82, 2.24) is 25.2 Å². The van der Waals surface area contributed by atoms with Crippen LogP contribution in [0.3, 0.4) is 0 Å². The number of aromatic nitrogens is 3.